The van der Waals surface area contributed by atoms with Crippen LogP contribution < -0.4 is 0 Å². The van der Waals surface area contributed by atoms with Gasteiger partial charge in [0.1, 0.15) is 10.8 Å². The second kappa shape index (κ2) is 5.72. The van der Waals surface area contributed by atoms with E-state index in [0.29, 0.717) is 26.3 Å². The van der Waals surface area contributed by atoms with Crippen LogP contribution >= 0.6 is 11.6 Å². The van der Waals surface area contributed by atoms with E-state index in [1.54, 1.807) is 4.90 Å². The van der Waals surface area contributed by atoms with Crippen molar-refractivity contribution in [3.05, 3.63) is 32.1 Å². The first-order valence-corrected chi connectivity index (χ1v) is 6.49. The molecule has 2 rings (SSSR count). The first kappa shape index (κ1) is 14.7. The van der Waals surface area contributed by atoms with Crippen LogP contribution in [0.5, 0.6) is 0 Å². The molecule has 8 heteroatoms. The molecule has 0 atom stereocenters. The molecule has 1 aromatic rings. The van der Waals surface area contributed by atoms with E-state index in [1.165, 1.54) is 13.8 Å². The number of aromatic nitrogens is 1. The van der Waals surface area contributed by atoms with Crippen LogP contribution in [0.25, 0.3) is 0 Å². The fourth-order valence-electron chi connectivity index (χ4n) is 2.24. The molecular weight excluding hydrogens is 286 g/mol. The zero-order valence-electron chi connectivity index (χ0n) is 11.2. The predicted molar refractivity (Wildman–Crippen MR) is 72.1 cm³/mol. The van der Waals surface area contributed by atoms with E-state index >= 15 is 0 Å². The van der Waals surface area contributed by atoms with Crippen molar-refractivity contribution in [2.75, 3.05) is 26.3 Å². The summed E-state index contributed by atoms with van der Waals surface area (Å²) in [5.74, 6) is -0.341. The Morgan fingerprint density at radius 3 is 2.55 bits per heavy atom. The number of halogens is 1. The van der Waals surface area contributed by atoms with E-state index in [4.69, 9.17) is 16.3 Å². The number of nitrogens with zero attached hydrogens (tertiary/aromatic N) is 3. The number of morpholine rings is 1. The van der Waals surface area contributed by atoms with Crippen LogP contribution in [-0.2, 0) is 4.74 Å². The number of hydrogen-bond acceptors (Lipinski definition) is 5. The largest absolute Gasteiger partial charge is 0.378 e. The van der Waals surface area contributed by atoms with E-state index < -0.39 is 4.92 Å². The van der Waals surface area contributed by atoms with Gasteiger partial charge in [0.2, 0.25) is 0 Å². The lowest BCUT2D eigenvalue weighted by Crippen LogP contribution is -2.41. The summed E-state index contributed by atoms with van der Waals surface area (Å²) in [5, 5.41) is 11.1. The Morgan fingerprint density at radius 2 is 2.00 bits per heavy atom. The first-order valence-electron chi connectivity index (χ1n) is 6.11. The Kier molecular flexibility index (Phi) is 4.20. The minimum absolute atomic E-state index is 0.00194. The molecule has 0 N–H and O–H groups in total. The molecule has 108 valence electrons. The highest BCUT2D eigenvalue weighted by molar-refractivity contribution is 6.33. The lowest BCUT2D eigenvalue weighted by Gasteiger charge is -2.27. The summed E-state index contributed by atoms with van der Waals surface area (Å²) in [6, 6.07) is 0. The van der Waals surface area contributed by atoms with Crippen LogP contribution in [0.1, 0.15) is 21.6 Å². The average molecular weight is 300 g/mol. The third kappa shape index (κ3) is 2.59. The van der Waals surface area contributed by atoms with Crippen molar-refractivity contribution >= 4 is 23.2 Å². The van der Waals surface area contributed by atoms with Crippen molar-refractivity contribution in [3.8, 4) is 0 Å². The van der Waals surface area contributed by atoms with Crippen molar-refractivity contribution in [2.24, 2.45) is 0 Å². The zero-order valence-corrected chi connectivity index (χ0v) is 11.9. The molecule has 0 aliphatic carbocycles. The van der Waals surface area contributed by atoms with Gasteiger partial charge in [0.25, 0.3) is 11.6 Å². The van der Waals surface area contributed by atoms with Crippen LogP contribution in [0.4, 0.5) is 5.69 Å². The van der Waals surface area contributed by atoms with Gasteiger partial charge < -0.3 is 9.64 Å². The smallest absolute Gasteiger partial charge is 0.294 e. The number of hydrogen-bond donors (Lipinski definition) is 0. The summed E-state index contributed by atoms with van der Waals surface area (Å²) in [6.07, 6.45) is 0. The van der Waals surface area contributed by atoms with Gasteiger partial charge in [-0.1, -0.05) is 11.6 Å². The molecule has 1 amide bonds. The molecule has 0 bridgehead atoms. The molecule has 20 heavy (non-hydrogen) atoms. The summed E-state index contributed by atoms with van der Waals surface area (Å²) in [7, 11) is 0. The van der Waals surface area contributed by atoms with Crippen LogP contribution in [0, 0.1) is 24.0 Å². The van der Waals surface area contributed by atoms with Crippen molar-refractivity contribution in [1.29, 1.82) is 0 Å². The first-order chi connectivity index (χ1) is 9.43. The van der Waals surface area contributed by atoms with E-state index in [9.17, 15) is 14.9 Å². The summed E-state index contributed by atoms with van der Waals surface area (Å²) in [6.45, 7) is 4.80. The number of rotatable bonds is 2. The van der Waals surface area contributed by atoms with E-state index in [0.717, 1.165) is 0 Å². The lowest BCUT2D eigenvalue weighted by molar-refractivity contribution is -0.386. The summed E-state index contributed by atoms with van der Waals surface area (Å²) in [4.78, 5) is 28.5. The molecule has 7 nitrogen and oxygen atoms in total. The Morgan fingerprint density at radius 1 is 1.40 bits per heavy atom. The van der Waals surface area contributed by atoms with Gasteiger partial charge in [0, 0.05) is 18.7 Å². The highest BCUT2D eigenvalue weighted by Gasteiger charge is 2.29. The number of aryl methyl sites for hydroxylation is 1. The molecule has 0 aromatic carbocycles. The molecule has 1 saturated heterocycles. The number of carbonyl (C=O) groups is 1. The Labute approximate surface area is 120 Å². The van der Waals surface area contributed by atoms with E-state index in [-0.39, 0.29) is 33.6 Å². The fourth-order valence-corrected chi connectivity index (χ4v) is 2.59. The highest BCUT2D eigenvalue weighted by Crippen LogP contribution is 2.30. The molecule has 1 fully saturated rings. The number of ether oxygens (including phenoxy) is 1. The Bertz CT molecular complexity index is 570. The molecular formula is C12H14ClN3O4. The molecule has 1 aliphatic rings. The molecule has 1 aromatic heterocycles. The van der Waals surface area contributed by atoms with Gasteiger partial charge in [-0.25, -0.2) is 4.98 Å². The third-order valence-corrected chi connectivity index (χ3v) is 3.51. The van der Waals surface area contributed by atoms with Crippen LogP contribution in [0.3, 0.4) is 0 Å². The highest BCUT2D eigenvalue weighted by atomic mass is 35.5. The second-order valence-electron chi connectivity index (χ2n) is 4.50. The molecule has 0 spiro atoms. The number of amides is 1. The molecule has 0 radical (unpaired) electrons. The topological polar surface area (TPSA) is 85.6 Å². The maximum Gasteiger partial charge on any atom is 0.294 e. The SMILES string of the molecule is Cc1nc(Cl)c(C(=O)N2CCOCC2)c(C)c1[N+](=O)[O-]. The van der Waals surface area contributed by atoms with Gasteiger partial charge in [0.15, 0.2) is 0 Å². The second-order valence-corrected chi connectivity index (χ2v) is 4.86. The normalized spacial score (nSPS) is 15.2. The van der Waals surface area contributed by atoms with Gasteiger partial charge in [-0.15, -0.1) is 0 Å². The van der Waals surface area contributed by atoms with E-state index in [1.807, 2.05) is 0 Å². The Hall–Kier alpha value is -1.73. The number of carbonyl (C=O) groups excluding carboxylic acids is 1. The molecule has 2 heterocycles. The third-order valence-electron chi connectivity index (χ3n) is 3.24. The monoisotopic (exact) mass is 299 g/mol. The van der Waals surface area contributed by atoms with Crippen LogP contribution in [-0.4, -0.2) is 47.0 Å². The zero-order chi connectivity index (χ0) is 14.9. The maximum absolute atomic E-state index is 12.5. The van der Waals surface area contributed by atoms with Gasteiger partial charge in [-0.3, -0.25) is 14.9 Å². The summed E-state index contributed by atoms with van der Waals surface area (Å²) >= 11 is 6.01. The number of nitro groups is 1. The van der Waals surface area contributed by atoms with Gasteiger partial charge in [-0.05, 0) is 13.8 Å². The van der Waals surface area contributed by atoms with Crippen LogP contribution in [0.15, 0.2) is 0 Å². The van der Waals surface area contributed by atoms with Gasteiger partial charge in [0.05, 0.1) is 23.7 Å². The van der Waals surface area contributed by atoms with Crippen molar-refractivity contribution in [3.63, 3.8) is 0 Å². The van der Waals surface area contributed by atoms with Crippen LogP contribution in [0.2, 0.25) is 5.15 Å². The standard InChI is InChI=1S/C12H14ClN3O4/c1-7-9(12(17)15-3-5-20-6-4-15)11(13)14-8(2)10(7)16(18)19/h3-6H2,1-2H3. The molecule has 0 unspecified atom stereocenters. The van der Waals surface area contributed by atoms with Crippen molar-refractivity contribution in [1.82, 2.24) is 9.88 Å². The molecule has 1 aliphatic heterocycles. The fraction of sp³-hybridized carbons (Fsp3) is 0.500. The maximum atomic E-state index is 12.5. The van der Waals surface area contributed by atoms with Crippen molar-refractivity contribution < 1.29 is 14.5 Å². The number of pyridine rings is 1. The van der Waals surface area contributed by atoms with Gasteiger partial charge >= 0.3 is 0 Å². The van der Waals surface area contributed by atoms with E-state index in [2.05, 4.69) is 4.98 Å². The quantitative estimate of drug-likeness (QED) is 0.471. The average Bonchev–Trinajstić information content (AvgIpc) is 2.38. The molecule has 0 saturated carbocycles. The predicted octanol–water partition coefficient (Wildman–Crippen LogP) is 1.73. The minimum Gasteiger partial charge on any atom is -0.378 e. The minimum atomic E-state index is -0.538. The Balaban J connectivity index is 2.47. The summed E-state index contributed by atoms with van der Waals surface area (Å²) < 4.78 is 5.18. The lowest BCUT2D eigenvalue weighted by atomic mass is 10.1. The van der Waals surface area contributed by atoms with Crippen molar-refractivity contribution in [2.45, 2.75) is 13.8 Å². The summed E-state index contributed by atoms with van der Waals surface area (Å²) in [5.41, 5.74) is 0.400. The van der Waals surface area contributed by atoms with Gasteiger partial charge in [-0.2, -0.15) is 0 Å².